The van der Waals surface area contributed by atoms with E-state index in [1.807, 2.05) is 6.92 Å². The molecule has 1 aromatic heterocycles. The summed E-state index contributed by atoms with van der Waals surface area (Å²) in [5.74, 6) is 0. The Morgan fingerprint density at radius 3 is 2.65 bits per heavy atom. The first kappa shape index (κ1) is 12.6. The van der Waals surface area contributed by atoms with Gasteiger partial charge in [-0.15, -0.1) is 0 Å². The van der Waals surface area contributed by atoms with Crippen LogP contribution in [0.15, 0.2) is 17.2 Å². The molecule has 0 radical (unpaired) electrons. The smallest absolute Gasteiger partial charge is 0.242 e. The van der Waals surface area contributed by atoms with Gasteiger partial charge in [-0.05, 0) is 31.7 Å². The molecule has 0 atom stereocenters. The lowest BCUT2D eigenvalue weighted by Crippen LogP contribution is -2.52. The highest BCUT2D eigenvalue weighted by atomic mass is 32.2. The average Bonchev–Trinajstić information content (AvgIpc) is 2.72. The van der Waals surface area contributed by atoms with Crippen LogP contribution in [-0.2, 0) is 16.6 Å². The van der Waals surface area contributed by atoms with Crippen LogP contribution in [0.25, 0.3) is 0 Å². The van der Waals surface area contributed by atoms with Gasteiger partial charge in [-0.1, -0.05) is 6.92 Å². The van der Waals surface area contributed by atoms with Crippen molar-refractivity contribution in [1.82, 2.24) is 9.71 Å². The molecule has 96 valence electrons. The normalized spacial score (nSPS) is 18.9. The van der Waals surface area contributed by atoms with E-state index in [4.69, 9.17) is 5.73 Å². The standard InChI is InChI=1S/C11H19N3O2S/c1-2-11(4-3-5-11)14-17(15,16)10-6-9(7-12)13-8-10/h6,8,13-14H,2-5,7,12H2,1H3. The van der Waals surface area contributed by atoms with E-state index in [2.05, 4.69) is 9.71 Å². The Kier molecular flexibility index (Phi) is 3.29. The van der Waals surface area contributed by atoms with E-state index in [0.717, 1.165) is 31.4 Å². The van der Waals surface area contributed by atoms with E-state index in [9.17, 15) is 8.42 Å². The summed E-state index contributed by atoms with van der Waals surface area (Å²) < 4.78 is 27.1. The molecule has 2 rings (SSSR count). The van der Waals surface area contributed by atoms with E-state index in [1.165, 1.54) is 6.20 Å². The topological polar surface area (TPSA) is 88.0 Å². The number of sulfonamides is 1. The first-order chi connectivity index (χ1) is 8.01. The molecule has 0 aliphatic heterocycles. The van der Waals surface area contributed by atoms with Crippen molar-refractivity contribution in [2.24, 2.45) is 5.73 Å². The van der Waals surface area contributed by atoms with Crippen LogP contribution in [0.5, 0.6) is 0 Å². The quantitative estimate of drug-likeness (QED) is 0.737. The Balaban J connectivity index is 2.18. The molecule has 4 N–H and O–H groups in total. The maximum Gasteiger partial charge on any atom is 0.242 e. The van der Waals surface area contributed by atoms with Gasteiger partial charge >= 0.3 is 0 Å². The van der Waals surface area contributed by atoms with Crippen molar-refractivity contribution in [1.29, 1.82) is 0 Å². The summed E-state index contributed by atoms with van der Waals surface area (Å²) in [7, 11) is -3.42. The van der Waals surface area contributed by atoms with E-state index < -0.39 is 10.0 Å². The van der Waals surface area contributed by atoms with Crippen LogP contribution in [0.2, 0.25) is 0 Å². The van der Waals surface area contributed by atoms with Gasteiger partial charge in [0.15, 0.2) is 0 Å². The summed E-state index contributed by atoms with van der Waals surface area (Å²) in [6.07, 6.45) is 5.28. The Labute approximate surface area is 102 Å². The Hall–Kier alpha value is -0.850. The number of H-pyrrole nitrogens is 1. The largest absolute Gasteiger partial charge is 0.363 e. The van der Waals surface area contributed by atoms with Crippen LogP contribution in [0.3, 0.4) is 0 Å². The van der Waals surface area contributed by atoms with Gasteiger partial charge in [-0.2, -0.15) is 0 Å². The summed E-state index contributed by atoms with van der Waals surface area (Å²) >= 11 is 0. The molecule has 0 aromatic carbocycles. The van der Waals surface area contributed by atoms with E-state index >= 15 is 0 Å². The molecule has 0 amide bonds. The minimum absolute atomic E-state index is 0.223. The third kappa shape index (κ3) is 2.38. The molecule has 1 aliphatic carbocycles. The lowest BCUT2D eigenvalue weighted by molar-refractivity contribution is 0.214. The summed E-state index contributed by atoms with van der Waals surface area (Å²) in [5, 5.41) is 0. The zero-order chi connectivity index (χ0) is 12.5. The fourth-order valence-corrected chi connectivity index (χ4v) is 3.72. The highest BCUT2D eigenvalue weighted by molar-refractivity contribution is 7.89. The molecular formula is C11H19N3O2S. The first-order valence-electron chi connectivity index (χ1n) is 5.93. The molecular weight excluding hydrogens is 238 g/mol. The average molecular weight is 257 g/mol. The number of aromatic amines is 1. The van der Waals surface area contributed by atoms with Crippen LogP contribution >= 0.6 is 0 Å². The maximum absolute atomic E-state index is 12.2. The van der Waals surface area contributed by atoms with Crippen molar-refractivity contribution in [2.75, 3.05) is 0 Å². The molecule has 1 saturated carbocycles. The van der Waals surface area contributed by atoms with E-state index in [-0.39, 0.29) is 10.4 Å². The SMILES string of the molecule is CCC1(NS(=O)(=O)c2c[nH]c(CN)c2)CCC1. The monoisotopic (exact) mass is 257 g/mol. The van der Waals surface area contributed by atoms with Crippen LogP contribution < -0.4 is 10.5 Å². The molecule has 0 saturated heterocycles. The van der Waals surface area contributed by atoms with Gasteiger partial charge in [0.25, 0.3) is 0 Å². The van der Waals surface area contributed by atoms with Crippen molar-refractivity contribution >= 4 is 10.0 Å². The molecule has 1 aromatic rings. The third-order valence-corrected chi connectivity index (χ3v) is 5.14. The molecule has 6 heteroatoms. The zero-order valence-electron chi connectivity index (χ0n) is 9.99. The Morgan fingerprint density at radius 1 is 1.53 bits per heavy atom. The minimum Gasteiger partial charge on any atom is -0.363 e. The van der Waals surface area contributed by atoms with Crippen molar-refractivity contribution in [3.8, 4) is 0 Å². The van der Waals surface area contributed by atoms with Gasteiger partial charge in [0.05, 0.1) is 4.90 Å². The van der Waals surface area contributed by atoms with Crippen molar-refractivity contribution in [3.05, 3.63) is 18.0 Å². The second kappa shape index (κ2) is 4.44. The highest BCUT2D eigenvalue weighted by Crippen LogP contribution is 2.36. The predicted octanol–water partition coefficient (Wildman–Crippen LogP) is 1.08. The van der Waals surface area contributed by atoms with Crippen molar-refractivity contribution in [2.45, 2.75) is 49.6 Å². The Morgan fingerprint density at radius 2 is 2.24 bits per heavy atom. The van der Waals surface area contributed by atoms with Gasteiger partial charge in [-0.25, -0.2) is 13.1 Å². The molecule has 1 heterocycles. The van der Waals surface area contributed by atoms with Gasteiger partial charge in [-0.3, -0.25) is 0 Å². The summed E-state index contributed by atoms with van der Waals surface area (Å²) in [4.78, 5) is 3.13. The van der Waals surface area contributed by atoms with Crippen LogP contribution in [0, 0.1) is 0 Å². The van der Waals surface area contributed by atoms with Gasteiger partial charge in [0.2, 0.25) is 10.0 Å². The lowest BCUT2D eigenvalue weighted by atomic mass is 9.76. The number of rotatable bonds is 5. The Bertz CT molecular complexity index is 483. The second-order valence-electron chi connectivity index (χ2n) is 4.66. The number of nitrogens with one attached hydrogen (secondary N) is 2. The van der Waals surface area contributed by atoms with E-state index in [1.54, 1.807) is 6.07 Å². The number of nitrogens with two attached hydrogens (primary N) is 1. The molecule has 1 aliphatic rings. The number of hydrogen-bond acceptors (Lipinski definition) is 3. The summed E-state index contributed by atoms with van der Waals surface area (Å²) in [6.45, 7) is 2.33. The van der Waals surface area contributed by atoms with Crippen LogP contribution in [-0.4, -0.2) is 18.9 Å². The van der Waals surface area contributed by atoms with Gasteiger partial charge in [0.1, 0.15) is 0 Å². The molecule has 0 bridgehead atoms. The second-order valence-corrected chi connectivity index (χ2v) is 6.34. The van der Waals surface area contributed by atoms with Crippen LogP contribution in [0.1, 0.15) is 38.3 Å². The van der Waals surface area contributed by atoms with Gasteiger partial charge in [0, 0.05) is 24.0 Å². The van der Waals surface area contributed by atoms with Crippen molar-refractivity contribution in [3.63, 3.8) is 0 Å². The lowest BCUT2D eigenvalue weighted by Gasteiger charge is -2.41. The molecule has 1 fully saturated rings. The molecule has 17 heavy (non-hydrogen) atoms. The van der Waals surface area contributed by atoms with Gasteiger partial charge < -0.3 is 10.7 Å². The minimum atomic E-state index is -3.42. The number of hydrogen-bond donors (Lipinski definition) is 3. The summed E-state index contributed by atoms with van der Waals surface area (Å²) in [5.41, 5.74) is 5.95. The zero-order valence-corrected chi connectivity index (χ0v) is 10.8. The predicted molar refractivity (Wildman–Crippen MR) is 65.9 cm³/mol. The maximum atomic E-state index is 12.2. The first-order valence-corrected chi connectivity index (χ1v) is 7.41. The molecule has 0 unspecified atom stereocenters. The van der Waals surface area contributed by atoms with Crippen molar-refractivity contribution < 1.29 is 8.42 Å². The fourth-order valence-electron chi connectivity index (χ4n) is 2.17. The molecule has 0 spiro atoms. The molecule has 5 nitrogen and oxygen atoms in total. The fraction of sp³-hybridized carbons (Fsp3) is 0.636. The summed E-state index contributed by atoms with van der Waals surface area (Å²) in [6, 6.07) is 1.59. The van der Waals surface area contributed by atoms with E-state index in [0.29, 0.717) is 6.54 Å². The van der Waals surface area contributed by atoms with Crippen LogP contribution in [0.4, 0.5) is 0 Å². The third-order valence-electron chi connectivity index (χ3n) is 3.58. The highest BCUT2D eigenvalue weighted by Gasteiger charge is 2.39. The number of aromatic nitrogens is 1.